The number of para-hydroxylation sites is 2. The molecule has 2 N–H and O–H groups in total. The predicted molar refractivity (Wildman–Crippen MR) is 94.6 cm³/mol. The van der Waals surface area contributed by atoms with Gasteiger partial charge in [-0.3, -0.25) is 9.59 Å². The average molecular weight is 343 g/mol. The number of rotatable bonds is 5. The molecule has 0 bridgehead atoms. The van der Waals surface area contributed by atoms with Crippen molar-refractivity contribution in [1.29, 1.82) is 0 Å². The molecule has 2 amide bonds. The number of amides is 2. The number of carbonyl (C=O) groups excluding carboxylic acids is 2. The van der Waals surface area contributed by atoms with E-state index in [1.54, 1.807) is 4.90 Å². The van der Waals surface area contributed by atoms with Gasteiger partial charge in [0.25, 0.3) is 5.91 Å². The summed E-state index contributed by atoms with van der Waals surface area (Å²) in [4.78, 5) is 26.2. The van der Waals surface area contributed by atoms with Crippen molar-refractivity contribution in [2.45, 2.75) is 25.7 Å². The number of benzene rings is 1. The van der Waals surface area contributed by atoms with Crippen molar-refractivity contribution in [3.8, 4) is 5.75 Å². The molecule has 2 fully saturated rings. The van der Waals surface area contributed by atoms with Crippen molar-refractivity contribution < 1.29 is 14.3 Å². The van der Waals surface area contributed by atoms with Crippen LogP contribution in [-0.4, -0.2) is 44.6 Å². The van der Waals surface area contributed by atoms with Crippen molar-refractivity contribution in [1.82, 2.24) is 10.6 Å². The molecule has 3 aliphatic rings. The lowest BCUT2D eigenvalue weighted by Crippen LogP contribution is -2.40. The zero-order valence-electron chi connectivity index (χ0n) is 14.4. The molecule has 6 heteroatoms. The Kier molecular flexibility index (Phi) is 4.37. The van der Waals surface area contributed by atoms with Crippen LogP contribution in [0.2, 0.25) is 0 Å². The average Bonchev–Trinajstić information content (AvgIpc) is 3.33. The highest BCUT2D eigenvalue weighted by molar-refractivity contribution is 5.97. The molecule has 2 aliphatic heterocycles. The van der Waals surface area contributed by atoms with Crippen molar-refractivity contribution in [3.63, 3.8) is 0 Å². The van der Waals surface area contributed by atoms with E-state index in [-0.39, 0.29) is 29.8 Å². The van der Waals surface area contributed by atoms with Gasteiger partial charge in [0.2, 0.25) is 5.91 Å². The Bertz CT molecular complexity index is 670. The van der Waals surface area contributed by atoms with Crippen molar-refractivity contribution in [3.05, 3.63) is 24.3 Å². The monoisotopic (exact) mass is 343 g/mol. The minimum absolute atomic E-state index is 0.0270. The normalized spacial score (nSPS) is 23.8. The smallest absolute Gasteiger partial charge is 0.265 e. The molecule has 2 heterocycles. The largest absolute Gasteiger partial charge is 0.482 e. The van der Waals surface area contributed by atoms with Crippen LogP contribution in [0.15, 0.2) is 24.3 Å². The summed E-state index contributed by atoms with van der Waals surface area (Å²) in [7, 11) is 0. The summed E-state index contributed by atoms with van der Waals surface area (Å²) in [5, 5.41) is 6.43. The summed E-state index contributed by atoms with van der Waals surface area (Å²) in [6, 6.07) is 7.58. The number of ether oxygens (including phenoxy) is 1. The highest BCUT2D eigenvalue weighted by Gasteiger charge is 2.57. The first-order valence-corrected chi connectivity index (χ1v) is 9.20. The summed E-state index contributed by atoms with van der Waals surface area (Å²) >= 11 is 0. The number of nitrogens with one attached hydrogen (secondary N) is 2. The summed E-state index contributed by atoms with van der Waals surface area (Å²) in [5.74, 6) is 1.11. The van der Waals surface area contributed by atoms with Crippen LogP contribution in [0.25, 0.3) is 0 Å². The zero-order valence-corrected chi connectivity index (χ0v) is 14.4. The standard InChI is InChI=1S/C19H25N3O3/c23-17-13-25-16-5-2-1-4-15(16)22(17)11-3-8-21-18(24)14-12-19(14)6-9-20-10-7-19/h1-2,4-5,14,20H,3,6-13H2,(H,21,24). The fourth-order valence-corrected chi connectivity index (χ4v) is 4.17. The highest BCUT2D eigenvalue weighted by atomic mass is 16.5. The molecule has 1 aliphatic carbocycles. The van der Waals surface area contributed by atoms with Crippen LogP contribution in [0, 0.1) is 11.3 Å². The van der Waals surface area contributed by atoms with Gasteiger partial charge in [0.05, 0.1) is 5.69 Å². The van der Waals surface area contributed by atoms with Crippen LogP contribution >= 0.6 is 0 Å². The number of anilines is 1. The fourth-order valence-electron chi connectivity index (χ4n) is 4.17. The molecule has 0 aromatic heterocycles. The quantitative estimate of drug-likeness (QED) is 0.791. The summed E-state index contributed by atoms with van der Waals surface area (Å²) in [6.07, 6.45) is 4.01. The maximum absolute atomic E-state index is 12.4. The molecule has 1 unspecified atom stereocenters. The Morgan fingerprint density at radius 1 is 1.32 bits per heavy atom. The number of carbonyl (C=O) groups is 2. The van der Waals surface area contributed by atoms with Crippen LogP contribution in [0.3, 0.4) is 0 Å². The Morgan fingerprint density at radius 3 is 2.96 bits per heavy atom. The summed E-state index contributed by atoms with van der Waals surface area (Å²) < 4.78 is 5.45. The topological polar surface area (TPSA) is 70.7 Å². The molecule has 134 valence electrons. The summed E-state index contributed by atoms with van der Waals surface area (Å²) in [6.45, 7) is 3.35. The molecule has 1 aromatic rings. The highest BCUT2D eigenvalue weighted by Crippen LogP contribution is 2.58. The Hall–Kier alpha value is -2.08. The third-order valence-corrected chi connectivity index (χ3v) is 5.77. The molecule has 25 heavy (non-hydrogen) atoms. The van der Waals surface area contributed by atoms with Crippen LogP contribution in [0.4, 0.5) is 5.69 Å². The molecule has 4 rings (SSSR count). The first-order chi connectivity index (χ1) is 12.2. The molecular formula is C19H25N3O3. The van der Waals surface area contributed by atoms with Crippen molar-refractivity contribution in [2.24, 2.45) is 11.3 Å². The maximum atomic E-state index is 12.4. The fraction of sp³-hybridized carbons (Fsp3) is 0.579. The number of piperidine rings is 1. The van der Waals surface area contributed by atoms with Gasteiger partial charge in [0.15, 0.2) is 6.61 Å². The molecule has 1 saturated heterocycles. The van der Waals surface area contributed by atoms with Crippen LogP contribution in [0.1, 0.15) is 25.7 Å². The van der Waals surface area contributed by atoms with E-state index in [0.717, 1.165) is 50.2 Å². The Morgan fingerprint density at radius 2 is 2.12 bits per heavy atom. The van der Waals surface area contributed by atoms with E-state index < -0.39 is 0 Å². The number of hydrogen-bond donors (Lipinski definition) is 2. The molecule has 0 radical (unpaired) electrons. The van der Waals surface area contributed by atoms with E-state index in [1.807, 2.05) is 24.3 Å². The minimum Gasteiger partial charge on any atom is -0.482 e. The maximum Gasteiger partial charge on any atom is 0.265 e. The van der Waals surface area contributed by atoms with Gasteiger partial charge < -0.3 is 20.3 Å². The lowest BCUT2D eigenvalue weighted by molar-refractivity contribution is -0.123. The first-order valence-electron chi connectivity index (χ1n) is 9.20. The molecular weight excluding hydrogens is 318 g/mol. The van der Waals surface area contributed by atoms with E-state index in [1.165, 1.54) is 0 Å². The molecule has 1 aromatic carbocycles. The molecule has 1 atom stereocenters. The third kappa shape index (κ3) is 3.23. The number of fused-ring (bicyclic) bond motifs is 1. The molecule has 6 nitrogen and oxygen atoms in total. The lowest BCUT2D eigenvalue weighted by atomic mass is 9.92. The van der Waals surface area contributed by atoms with Crippen molar-refractivity contribution in [2.75, 3.05) is 37.7 Å². The van der Waals surface area contributed by atoms with E-state index in [2.05, 4.69) is 10.6 Å². The second kappa shape index (κ2) is 6.67. The van der Waals surface area contributed by atoms with Gasteiger partial charge in [-0.25, -0.2) is 0 Å². The van der Waals surface area contributed by atoms with E-state index >= 15 is 0 Å². The van der Waals surface area contributed by atoms with Crippen LogP contribution in [-0.2, 0) is 9.59 Å². The first kappa shape index (κ1) is 16.4. The zero-order chi connectivity index (χ0) is 17.3. The predicted octanol–water partition coefficient (Wildman–Crippen LogP) is 1.31. The third-order valence-electron chi connectivity index (χ3n) is 5.77. The summed E-state index contributed by atoms with van der Waals surface area (Å²) in [5.41, 5.74) is 1.09. The second-order valence-corrected chi connectivity index (χ2v) is 7.32. The Balaban J connectivity index is 1.25. The van der Waals surface area contributed by atoms with Gasteiger partial charge in [-0.2, -0.15) is 0 Å². The lowest BCUT2D eigenvalue weighted by Gasteiger charge is -2.29. The van der Waals surface area contributed by atoms with Gasteiger partial charge in [-0.1, -0.05) is 12.1 Å². The van der Waals surface area contributed by atoms with E-state index in [4.69, 9.17) is 4.74 Å². The van der Waals surface area contributed by atoms with Crippen LogP contribution < -0.4 is 20.3 Å². The van der Waals surface area contributed by atoms with Crippen molar-refractivity contribution >= 4 is 17.5 Å². The number of nitrogens with zero attached hydrogens (tertiary/aromatic N) is 1. The van der Waals surface area contributed by atoms with Gasteiger partial charge >= 0.3 is 0 Å². The van der Waals surface area contributed by atoms with Gasteiger partial charge in [0.1, 0.15) is 5.75 Å². The minimum atomic E-state index is -0.0270. The van der Waals surface area contributed by atoms with Crippen LogP contribution in [0.5, 0.6) is 5.75 Å². The molecule has 1 saturated carbocycles. The SMILES string of the molecule is O=C(NCCCN1C(=O)COc2ccccc21)C1CC12CCNCC2. The Labute approximate surface area is 147 Å². The number of hydrogen-bond acceptors (Lipinski definition) is 4. The van der Waals surface area contributed by atoms with Gasteiger partial charge in [0, 0.05) is 19.0 Å². The van der Waals surface area contributed by atoms with E-state index in [9.17, 15) is 9.59 Å². The van der Waals surface area contributed by atoms with Gasteiger partial charge in [-0.05, 0) is 56.3 Å². The van der Waals surface area contributed by atoms with Gasteiger partial charge in [-0.15, -0.1) is 0 Å². The molecule has 1 spiro atoms. The second-order valence-electron chi connectivity index (χ2n) is 7.32. The van der Waals surface area contributed by atoms with E-state index in [0.29, 0.717) is 13.1 Å².